The van der Waals surface area contributed by atoms with Crippen LogP contribution in [0, 0.1) is 6.92 Å². The van der Waals surface area contributed by atoms with Crippen molar-refractivity contribution in [2.24, 2.45) is 0 Å². The van der Waals surface area contributed by atoms with E-state index in [4.69, 9.17) is 0 Å². The Morgan fingerprint density at radius 3 is 2.62 bits per heavy atom. The molecule has 0 saturated heterocycles. The number of aryl methyl sites for hydroxylation is 1. The van der Waals surface area contributed by atoms with E-state index in [2.05, 4.69) is 48.7 Å². The average molecular weight is 497 g/mol. The molecule has 0 amide bonds. The fourth-order valence-electron chi connectivity index (χ4n) is 4.07. The SMILES string of the molecule is CC[C@@H](c1nnc(SCc2nc3sc(C(C)=O)c(C)c3c(=O)[nH]2)n1Cc1ccccc1)N(C)C. The number of thioether (sulfide) groups is 1. The molecule has 10 heteroatoms. The van der Waals surface area contributed by atoms with Crippen molar-refractivity contribution in [1.82, 2.24) is 29.6 Å². The fraction of sp³-hybridized carbons (Fsp3) is 0.375. The number of hydrogen-bond acceptors (Lipinski definition) is 8. The lowest BCUT2D eigenvalue weighted by Crippen LogP contribution is -2.23. The van der Waals surface area contributed by atoms with Gasteiger partial charge in [-0.05, 0) is 45.5 Å². The third-order valence-corrected chi connectivity index (χ3v) is 8.01. The average Bonchev–Trinajstić information content (AvgIpc) is 3.34. The maximum Gasteiger partial charge on any atom is 0.259 e. The minimum Gasteiger partial charge on any atom is -0.309 e. The molecule has 0 spiro atoms. The standard InChI is InChI=1S/C24H28N6O2S2/c1-6-17(29(4)5)21-27-28-24(30(21)12-16-10-8-7-9-11-16)33-13-18-25-22(32)19-14(2)20(15(3)31)34-23(19)26-18/h7-11,17H,6,12-13H2,1-5H3,(H,25,26,32)/t17-/m0/s1. The van der Waals surface area contributed by atoms with Crippen LogP contribution in [0.2, 0.25) is 0 Å². The van der Waals surface area contributed by atoms with Crippen LogP contribution in [-0.4, -0.2) is 49.5 Å². The monoisotopic (exact) mass is 496 g/mol. The van der Waals surface area contributed by atoms with Gasteiger partial charge in [-0.15, -0.1) is 21.5 Å². The number of rotatable bonds is 9. The lowest BCUT2D eigenvalue weighted by atomic mass is 10.2. The number of nitrogens with one attached hydrogen (secondary N) is 1. The van der Waals surface area contributed by atoms with Crippen LogP contribution < -0.4 is 5.56 Å². The van der Waals surface area contributed by atoms with E-state index in [0.717, 1.165) is 23.0 Å². The van der Waals surface area contributed by atoms with Crippen LogP contribution in [0.15, 0.2) is 40.3 Å². The summed E-state index contributed by atoms with van der Waals surface area (Å²) in [6.45, 7) is 6.10. The van der Waals surface area contributed by atoms with Crippen molar-refractivity contribution in [3.8, 4) is 0 Å². The number of thiophene rings is 1. The zero-order chi connectivity index (χ0) is 24.4. The van der Waals surface area contributed by atoms with Crippen molar-refractivity contribution in [1.29, 1.82) is 0 Å². The number of ketones is 1. The van der Waals surface area contributed by atoms with Gasteiger partial charge in [0.2, 0.25) is 0 Å². The van der Waals surface area contributed by atoms with Crippen molar-refractivity contribution in [3.63, 3.8) is 0 Å². The number of aromatic amines is 1. The Balaban J connectivity index is 1.66. The van der Waals surface area contributed by atoms with Crippen molar-refractivity contribution >= 4 is 39.1 Å². The maximum absolute atomic E-state index is 12.7. The summed E-state index contributed by atoms with van der Waals surface area (Å²) < 4.78 is 2.15. The highest BCUT2D eigenvalue weighted by molar-refractivity contribution is 7.98. The van der Waals surface area contributed by atoms with Gasteiger partial charge in [-0.3, -0.25) is 14.5 Å². The van der Waals surface area contributed by atoms with Gasteiger partial charge >= 0.3 is 0 Å². The molecule has 178 valence electrons. The van der Waals surface area contributed by atoms with Crippen LogP contribution in [0.5, 0.6) is 0 Å². The molecule has 1 aromatic carbocycles. The molecule has 34 heavy (non-hydrogen) atoms. The largest absolute Gasteiger partial charge is 0.309 e. The van der Waals surface area contributed by atoms with Crippen LogP contribution in [-0.2, 0) is 12.3 Å². The molecule has 3 aromatic heterocycles. The zero-order valence-electron chi connectivity index (χ0n) is 20.0. The highest BCUT2D eigenvalue weighted by atomic mass is 32.2. The minimum atomic E-state index is -0.216. The van der Waals surface area contributed by atoms with Gasteiger partial charge in [-0.25, -0.2) is 4.98 Å². The van der Waals surface area contributed by atoms with E-state index in [1.54, 1.807) is 6.92 Å². The van der Waals surface area contributed by atoms with E-state index in [9.17, 15) is 9.59 Å². The zero-order valence-corrected chi connectivity index (χ0v) is 21.6. The molecule has 0 radical (unpaired) electrons. The van der Waals surface area contributed by atoms with Crippen LogP contribution in [0.1, 0.15) is 58.8 Å². The second-order valence-corrected chi connectivity index (χ2v) is 10.3. The number of fused-ring (bicyclic) bond motifs is 1. The highest BCUT2D eigenvalue weighted by Gasteiger charge is 2.23. The van der Waals surface area contributed by atoms with Crippen LogP contribution in [0.25, 0.3) is 10.2 Å². The molecule has 0 aliphatic carbocycles. The van der Waals surface area contributed by atoms with E-state index < -0.39 is 0 Å². The van der Waals surface area contributed by atoms with Gasteiger partial charge < -0.3 is 9.55 Å². The number of carbonyl (C=O) groups is 1. The van der Waals surface area contributed by atoms with Crippen molar-refractivity contribution < 1.29 is 4.79 Å². The van der Waals surface area contributed by atoms with Crippen molar-refractivity contribution in [2.75, 3.05) is 14.1 Å². The molecular formula is C24H28N6O2S2. The fourth-order valence-corrected chi connectivity index (χ4v) is 5.98. The Morgan fingerprint density at radius 2 is 1.97 bits per heavy atom. The number of H-pyrrole nitrogens is 1. The van der Waals surface area contributed by atoms with Crippen molar-refractivity contribution in [2.45, 2.75) is 50.7 Å². The Morgan fingerprint density at radius 1 is 1.24 bits per heavy atom. The molecule has 8 nitrogen and oxygen atoms in total. The summed E-state index contributed by atoms with van der Waals surface area (Å²) in [5, 5.41) is 10.3. The lowest BCUT2D eigenvalue weighted by molar-refractivity contribution is 0.102. The molecule has 1 atom stereocenters. The molecule has 0 bridgehead atoms. The Hall–Kier alpha value is -2.82. The summed E-state index contributed by atoms with van der Waals surface area (Å²) in [6.07, 6.45) is 0.909. The van der Waals surface area contributed by atoms with Crippen LogP contribution in [0.3, 0.4) is 0 Å². The Kier molecular flexibility index (Phi) is 7.30. The van der Waals surface area contributed by atoms with E-state index in [0.29, 0.717) is 38.8 Å². The summed E-state index contributed by atoms with van der Waals surface area (Å²) >= 11 is 2.76. The molecule has 0 unspecified atom stereocenters. The smallest absolute Gasteiger partial charge is 0.259 e. The number of Topliss-reactive ketones (excluding diaryl/α,β-unsaturated/α-hetero) is 1. The molecule has 0 aliphatic heterocycles. The first-order valence-electron chi connectivity index (χ1n) is 11.1. The maximum atomic E-state index is 12.7. The van der Waals surface area contributed by atoms with E-state index >= 15 is 0 Å². The Bertz CT molecular complexity index is 1370. The summed E-state index contributed by atoms with van der Waals surface area (Å²) in [4.78, 5) is 35.5. The second kappa shape index (κ2) is 10.2. The van der Waals surface area contributed by atoms with Gasteiger partial charge in [0, 0.05) is 0 Å². The van der Waals surface area contributed by atoms with Gasteiger partial charge in [-0.1, -0.05) is 49.0 Å². The molecule has 0 aliphatic rings. The molecular weight excluding hydrogens is 468 g/mol. The molecule has 4 aromatic rings. The van der Waals surface area contributed by atoms with Gasteiger partial charge in [0.15, 0.2) is 16.8 Å². The molecule has 1 N–H and O–H groups in total. The first-order valence-corrected chi connectivity index (χ1v) is 12.9. The number of hydrogen-bond donors (Lipinski definition) is 1. The lowest BCUT2D eigenvalue weighted by Gasteiger charge is -2.23. The Labute approximate surface area is 206 Å². The van der Waals surface area contributed by atoms with E-state index in [-0.39, 0.29) is 17.4 Å². The third-order valence-electron chi connectivity index (χ3n) is 5.74. The predicted molar refractivity (Wildman–Crippen MR) is 137 cm³/mol. The number of benzene rings is 1. The summed E-state index contributed by atoms with van der Waals surface area (Å²) in [7, 11) is 4.09. The highest BCUT2D eigenvalue weighted by Crippen LogP contribution is 2.30. The van der Waals surface area contributed by atoms with Gasteiger partial charge in [0.05, 0.1) is 28.6 Å². The first kappa shape index (κ1) is 24.3. The molecule has 0 fully saturated rings. The topological polar surface area (TPSA) is 96.8 Å². The summed E-state index contributed by atoms with van der Waals surface area (Å²) in [6, 6.07) is 10.4. The number of aromatic nitrogens is 5. The van der Waals surface area contributed by atoms with Crippen LogP contribution >= 0.6 is 23.1 Å². The molecule has 0 saturated carbocycles. The number of carbonyl (C=O) groups excluding carboxylic acids is 1. The summed E-state index contributed by atoms with van der Waals surface area (Å²) in [5.41, 5.74) is 1.65. The normalized spacial score (nSPS) is 12.5. The van der Waals surface area contributed by atoms with Crippen LogP contribution in [0.4, 0.5) is 0 Å². The predicted octanol–water partition coefficient (Wildman–Crippen LogP) is 4.44. The van der Waals surface area contributed by atoms with E-state index in [1.165, 1.54) is 30.0 Å². The number of nitrogens with zero attached hydrogens (tertiary/aromatic N) is 5. The summed E-state index contributed by atoms with van der Waals surface area (Å²) in [5.74, 6) is 1.84. The first-order chi connectivity index (χ1) is 16.3. The third kappa shape index (κ3) is 4.84. The molecule has 4 rings (SSSR count). The minimum absolute atomic E-state index is 0.0521. The van der Waals surface area contributed by atoms with E-state index in [1.807, 2.05) is 32.3 Å². The van der Waals surface area contributed by atoms with Crippen molar-refractivity contribution in [3.05, 3.63) is 68.3 Å². The van der Waals surface area contributed by atoms with Gasteiger partial charge in [0.1, 0.15) is 10.7 Å². The molecule has 3 heterocycles. The second-order valence-electron chi connectivity index (χ2n) is 8.39. The van der Waals surface area contributed by atoms with Gasteiger partial charge in [0.25, 0.3) is 5.56 Å². The quantitative estimate of drug-likeness (QED) is 0.270. The van der Waals surface area contributed by atoms with Gasteiger partial charge in [-0.2, -0.15) is 0 Å².